The van der Waals surface area contributed by atoms with Crippen LogP contribution < -0.4 is 18.9 Å². The zero-order chi connectivity index (χ0) is 23.3. The molecule has 0 aromatic heterocycles. The van der Waals surface area contributed by atoms with Crippen LogP contribution in [0.1, 0.15) is 23.2 Å². The largest absolute Gasteiger partial charge is 0.497 e. The van der Waals surface area contributed by atoms with E-state index in [2.05, 4.69) is 0 Å². The molecule has 0 N–H and O–H groups in total. The first kappa shape index (κ1) is 23.7. The summed E-state index contributed by atoms with van der Waals surface area (Å²) < 4.78 is 26.7. The normalized spacial score (nSPS) is 10.2. The minimum atomic E-state index is -0.472. The molecule has 0 spiro atoms. The predicted octanol–water partition coefficient (Wildman–Crippen LogP) is 4.70. The maximum atomic E-state index is 12.1. The maximum Gasteiger partial charge on any atom is 0.338 e. The molecule has 0 saturated carbocycles. The first-order valence-electron chi connectivity index (χ1n) is 10.6. The second kappa shape index (κ2) is 12.8. The van der Waals surface area contributed by atoms with Crippen LogP contribution in [0.4, 0.5) is 0 Å². The van der Waals surface area contributed by atoms with Crippen LogP contribution in [0.3, 0.4) is 0 Å². The molecule has 0 bridgehead atoms. The van der Waals surface area contributed by atoms with E-state index in [-0.39, 0.29) is 25.6 Å². The summed E-state index contributed by atoms with van der Waals surface area (Å²) in [5.74, 6) is 1.69. The van der Waals surface area contributed by atoms with Crippen LogP contribution in [0.25, 0.3) is 0 Å². The fraction of sp³-hybridized carbons (Fsp3) is 0.231. The van der Waals surface area contributed by atoms with Gasteiger partial charge in [0.1, 0.15) is 36.2 Å². The van der Waals surface area contributed by atoms with Gasteiger partial charge in [0.2, 0.25) is 0 Å². The fourth-order valence-electron chi connectivity index (χ4n) is 2.81. The van der Waals surface area contributed by atoms with Crippen molar-refractivity contribution in [1.29, 1.82) is 0 Å². The molecular formula is C26H26O7. The average molecular weight is 450 g/mol. The topological polar surface area (TPSA) is 80.3 Å². The summed E-state index contributed by atoms with van der Waals surface area (Å²) >= 11 is 0. The molecule has 0 unspecified atom stereocenters. The number of ether oxygens (including phenoxy) is 5. The van der Waals surface area contributed by atoms with Gasteiger partial charge in [0.25, 0.3) is 0 Å². The SMILES string of the molecule is COc1ccc(OCCCC(=O)Oc2ccc(C(=O)OCCOc3ccccc3)cc2)cc1. The average Bonchev–Trinajstić information content (AvgIpc) is 2.86. The van der Waals surface area contributed by atoms with Crippen LogP contribution in [-0.2, 0) is 9.53 Å². The van der Waals surface area contributed by atoms with Crippen molar-refractivity contribution in [2.45, 2.75) is 12.8 Å². The number of carbonyl (C=O) groups is 2. The number of carbonyl (C=O) groups excluding carboxylic acids is 2. The molecule has 0 heterocycles. The third kappa shape index (κ3) is 8.22. The minimum absolute atomic E-state index is 0.128. The van der Waals surface area contributed by atoms with Crippen molar-refractivity contribution in [1.82, 2.24) is 0 Å². The van der Waals surface area contributed by atoms with E-state index in [0.717, 1.165) is 5.75 Å². The van der Waals surface area contributed by atoms with Gasteiger partial charge in [-0.1, -0.05) is 18.2 Å². The summed E-state index contributed by atoms with van der Waals surface area (Å²) in [7, 11) is 1.60. The Kier molecular flexibility index (Phi) is 9.15. The maximum absolute atomic E-state index is 12.1. The van der Waals surface area contributed by atoms with Gasteiger partial charge in [-0.15, -0.1) is 0 Å². The number of hydrogen-bond acceptors (Lipinski definition) is 7. The summed E-state index contributed by atoms with van der Waals surface area (Å²) in [5, 5.41) is 0. The van der Waals surface area contributed by atoms with Gasteiger partial charge < -0.3 is 23.7 Å². The lowest BCUT2D eigenvalue weighted by Gasteiger charge is -2.09. The van der Waals surface area contributed by atoms with E-state index in [1.807, 2.05) is 42.5 Å². The Labute approximate surface area is 192 Å². The molecule has 0 fully saturated rings. The quantitative estimate of drug-likeness (QED) is 0.225. The third-order valence-corrected chi connectivity index (χ3v) is 4.50. The number of rotatable bonds is 12. The molecule has 0 amide bonds. The molecule has 0 aliphatic heterocycles. The van der Waals surface area contributed by atoms with Gasteiger partial charge in [-0.05, 0) is 67.1 Å². The zero-order valence-corrected chi connectivity index (χ0v) is 18.4. The highest BCUT2D eigenvalue weighted by molar-refractivity contribution is 5.89. The first-order chi connectivity index (χ1) is 16.1. The molecule has 0 radical (unpaired) electrons. The van der Waals surface area contributed by atoms with Gasteiger partial charge in [0.05, 0.1) is 19.3 Å². The molecular weight excluding hydrogens is 424 g/mol. The fourth-order valence-corrected chi connectivity index (χ4v) is 2.81. The number of esters is 2. The second-order valence-corrected chi connectivity index (χ2v) is 6.92. The van der Waals surface area contributed by atoms with E-state index in [1.165, 1.54) is 0 Å². The summed E-state index contributed by atoms with van der Waals surface area (Å²) in [5.41, 5.74) is 0.363. The van der Waals surface area contributed by atoms with E-state index in [0.29, 0.717) is 35.8 Å². The van der Waals surface area contributed by atoms with E-state index in [4.69, 9.17) is 23.7 Å². The molecule has 0 aliphatic carbocycles. The highest BCUT2D eigenvalue weighted by Crippen LogP contribution is 2.18. The van der Waals surface area contributed by atoms with Gasteiger partial charge in [-0.2, -0.15) is 0 Å². The van der Waals surface area contributed by atoms with E-state index < -0.39 is 5.97 Å². The van der Waals surface area contributed by atoms with Gasteiger partial charge in [-0.3, -0.25) is 4.79 Å². The van der Waals surface area contributed by atoms with Crippen LogP contribution in [-0.4, -0.2) is 38.9 Å². The Morgan fingerprint density at radius 1 is 0.667 bits per heavy atom. The van der Waals surface area contributed by atoms with Gasteiger partial charge >= 0.3 is 11.9 Å². The zero-order valence-electron chi connectivity index (χ0n) is 18.4. The Hall–Kier alpha value is -4.00. The number of methoxy groups -OCH3 is 1. The van der Waals surface area contributed by atoms with E-state index in [9.17, 15) is 9.59 Å². The Bertz CT molecular complexity index is 999. The van der Waals surface area contributed by atoms with Crippen LogP contribution in [0.15, 0.2) is 78.9 Å². The van der Waals surface area contributed by atoms with Gasteiger partial charge in [0.15, 0.2) is 0 Å². The van der Waals surface area contributed by atoms with Crippen molar-refractivity contribution in [2.75, 3.05) is 26.9 Å². The van der Waals surface area contributed by atoms with Crippen LogP contribution in [0.2, 0.25) is 0 Å². The van der Waals surface area contributed by atoms with Crippen LogP contribution in [0, 0.1) is 0 Å². The van der Waals surface area contributed by atoms with E-state index >= 15 is 0 Å². The lowest BCUT2D eigenvalue weighted by atomic mass is 10.2. The van der Waals surface area contributed by atoms with Crippen molar-refractivity contribution >= 4 is 11.9 Å². The Balaban J connectivity index is 1.32. The van der Waals surface area contributed by atoms with E-state index in [1.54, 1.807) is 43.5 Å². The van der Waals surface area contributed by atoms with Crippen LogP contribution in [0.5, 0.6) is 23.0 Å². The molecule has 0 saturated heterocycles. The van der Waals surface area contributed by atoms with Crippen molar-refractivity contribution < 1.29 is 33.3 Å². The molecule has 3 aromatic rings. The molecule has 7 heteroatoms. The molecule has 33 heavy (non-hydrogen) atoms. The lowest BCUT2D eigenvalue weighted by Crippen LogP contribution is -2.13. The number of hydrogen-bond donors (Lipinski definition) is 0. The lowest BCUT2D eigenvalue weighted by molar-refractivity contribution is -0.134. The molecule has 0 atom stereocenters. The summed E-state index contributed by atoms with van der Waals surface area (Å²) in [6, 6.07) is 22.7. The molecule has 7 nitrogen and oxygen atoms in total. The molecule has 172 valence electrons. The number of benzene rings is 3. The molecule has 0 aliphatic rings. The molecule has 3 rings (SSSR count). The number of para-hydroxylation sites is 1. The predicted molar refractivity (Wildman–Crippen MR) is 122 cm³/mol. The monoisotopic (exact) mass is 450 g/mol. The first-order valence-corrected chi connectivity index (χ1v) is 10.6. The van der Waals surface area contributed by atoms with Gasteiger partial charge in [0, 0.05) is 6.42 Å². The minimum Gasteiger partial charge on any atom is -0.497 e. The summed E-state index contributed by atoms with van der Waals surface area (Å²) in [4.78, 5) is 24.1. The smallest absolute Gasteiger partial charge is 0.338 e. The van der Waals surface area contributed by atoms with Gasteiger partial charge in [-0.25, -0.2) is 4.79 Å². The summed E-state index contributed by atoms with van der Waals surface area (Å²) in [6.07, 6.45) is 0.724. The highest BCUT2D eigenvalue weighted by atomic mass is 16.6. The third-order valence-electron chi connectivity index (χ3n) is 4.50. The Morgan fingerprint density at radius 3 is 1.97 bits per heavy atom. The highest BCUT2D eigenvalue weighted by Gasteiger charge is 2.09. The van der Waals surface area contributed by atoms with Crippen molar-refractivity contribution in [3.05, 3.63) is 84.4 Å². The van der Waals surface area contributed by atoms with Crippen molar-refractivity contribution in [3.63, 3.8) is 0 Å². The van der Waals surface area contributed by atoms with Crippen LogP contribution >= 0.6 is 0 Å². The van der Waals surface area contributed by atoms with Crippen molar-refractivity contribution in [2.24, 2.45) is 0 Å². The second-order valence-electron chi connectivity index (χ2n) is 6.92. The molecule has 3 aromatic carbocycles. The van der Waals surface area contributed by atoms with Crippen molar-refractivity contribution in [3.8, 4) is 23.0 Å². The summed E-state index contributed by atoms with van der Waals surface area (Å²) in [6.45, 7) is 0.775. The standard InChI is InChI=1S/C26H26O7/c1-29-21-13-15-23(16-14-21)30-17-5-8-25(27)33-24-11-9-20(10-12-24)26(28)32-19-18-31-22-6-3-2-4-7-22/h2-4,6-7,9-16H,5,8,17-19H2,1H3. The Morgan fingerprint density at radius 2 is 1.27 bits per heavy atom.